The van der Waals surface area contributed by atoms with Crippen molar-refractivity contribution in [1.82, 2.24) is 10.4 Å². The third-order valence-electron chi connectivity index (χ3n) is 4.04. The van der Waals surface area contributed by atoms with Gasteiger partial charge in [-0.05, 0) is 30.7 Å². The zero-order valence-corrected chi connectivity index (χ0v) is 11.1. The van der Waals surface area contributed by atoms with Crippen molar-refractivity contribution in [1.29, 1.82) is 0 Å². The van der Waals surface area contributed by atoms with Crippen LogP contribution in [0.25, 0.3) is 10.8 Å². The predicted molar refractivity (Wildman–Crippen MR) is 75.4 cm³/mol. The molecule has 2 atom stereocenters. The second kappa shape index (κ2) is 4.89. The number of hydrogen-bond acceptors (Lipinski definition) is 4. The normalized spacial score (nSPS) is 24.7. The van der Waals surface area contributed by atoms with Gasteiger partial charge in [0.1, 0.15) is 0 Å². The highest BCUT2D eigenvalue weighted by atomic mass is 16.5. The first-order valence-corrected chi connectivity index (χ1v) is 6.67. The molecule has 2 aromatic rings. The first-order chi connectivity index (χ1) is 9.24. The maximum absolute atomic E-state index is 5.93. The lowest BCUT2D eigenvalue weighted by atomic mass is 9.87. The van der Waals surface area contributed by atoms with Gasteiger partial charge in [-0.2, -0.15) is 0 Å². The summed E-state index contributed by atoms with van der Waals surface area (Å²) < 4.78 is 5.93. The van der Waals surface area contributed by atoms with Crippen LogP contribution in [-0.2, 0) is 4.74 Å². The van der Waals surface area contributed by atoms with Gasteiger partial charge in [0.25, 0.3) is 0 Å². The number of benzene rings is 1. The smallest absolute Gasteiger partial charge is 0.0862 e. The lowest BCUT2D eigenvalue weighted by Crippen LogP contribution is -2.44. The first kappa shape index (κ1) is 12.5. The van der Waals surface area contributed by atoms with Crippen LogP contribution in [0.5, 0.6) is 0 Å². The van der Waals surface area contributed by atoms with Crippen LogP contribution in [0, 0.1) is 0 Å². The molecule has 0 spiro atoms. The van der Waals surface area contributed by atoms with Crippen molar-refractivity contribution in [3.8, 4) is 0 Å². The minimum absolute atomic E-state index is 0.0476. The molecule has 0 amide bonds. The molecule has 0 radical (unpaired) electrons. The van der Waals surface area contributed by atoms with E-state index in [9.17, 15) is 0 Å². The van der Waals surface area contributed by atoms with Gasteiger partial charge in [-0.25, -0.2) is 5.43 Å². The number of nitrogens with two attached hydrogens (primary N) is 1. The molecule has 4 heteroatoms. The number of pyridine rings is 1. The van der Waals surface area contributed by atoms with Crippen molar-refractivity contribution in [3.63, 3.8) is 0 Å². The zero-order chi connectivity index (χ0) is 13.3. The van der Waals surface area contributed by atoms with Crippen molar-refractivity contribution in [2.45, 2.75) is 31.4 Å². The molecule has 1 aliphatic heterocycles. The van der Waals surface area contributed by atoms with Crippen LogP contribution >= 0.6 is 0 Å². The van der Waals surface area contributed by atoms with E-state index in [1.54, 1.807) is 0 Å². The maximum Gasteiger partial charge on any atom is 0.0862 e. The number of aromatic nitrogens is 1. The summed E-state index contributed by atoms with van der Waals surface area (Å²) in [6.45, 7) is 2.92. The third kappa shape index (κ3) is 2.12. The average molecular weight is 257 g/mol. The summed E-state index contributed by atoms with van der Waals surface area (Å²) in [5, 5.41) is 2.30. The van der Waals surface area contributed by atoms with Crippen molar-refractivity contribution in [3.05, 3.63) is 42.2 Å². The number of hydrazine groups is 1. The van der Waals surface area contributed by atoms with E-state index in [2.05, 4.69) is 29.5 Å². The summed E-state index contributed by atoms with van der Waals surface area (Å²) in [6.07, 6.45) is 5.85. The molecule has 3 rings (SSSR count). The molecule has 4 nitrogen and oxygen atoms in total. The summed E-state index contributed by atoms with van der Waals surface area (Å²) >= 11 is 0. The van der Waals surface area contributed by atoms with E-state index >= 15 is 0 Å². The quantitative estimate of drug-likeness (QED) is 0.654. The van der Waals surface area contributed by atoms with Crippen molar-refractivity contribution in [2.75, 3.05) is 6.61 Å². The number of ether oxygens (including phenoxy) is 1. The molecule has 1 saturated heterocycles. The number of fused-ring (bicyclic) bond motifs is 1. The average Bonchev–Trinajstić information content (AvgIpc) is 2.87. The van der Waals surface area contributed by atoms with Gasteiger partial charge in [0, 0.05) is 24.4 Å². The summed E-state index contributed by atoms with van der Waals surface area (Å²) in [7, 11) is 0. The predicted octanol–water partition coefficient (Wildman–Crippen LogP) is 2.31. The van der Waals surface area contributed by atoms with Gasteiger partial charge < -0.3 is 4.74 Å². The molecule has 1 aromatic heterocycles. The molecule has 0 aliphatic carbocycles. The van der Waals surface area contributed by atoms with E-state index in [1.165, 1.54) is 5.39 Å². The summed E-state index contributed by atoms with van der Waals surface area (Å²) in [5.41, 5.74) is 3.77. The fraction of sp³-hybridized carbons (Fsp3) is 0.400. The standard InChI is InChI=1S/C15H19N3O/c1-15(7-4-8-19-15)14(18-16)13-10-17-9-11-5-2-3-6-12(11)13/h2-3,5-6,9-10,14,18H,4,7-8,16H2,1H3. The number of nitrogens with zero attached hydrogens (tertiary/aromatic N) is 1. The fourth-order valence-electron chi connectivity index (χ4n) is 2.99. The minimum Gasteiger partial charge on any atom is -0.373 e. The number of hydrogen-bond donors (Lipinski definition) is 2. The summed E-state index contributed by atoms with van der Waals surface area (Å²) in [5.74, 6) is 5.80. The van der Waals surface area contributed by atoms with E-state index in [1.807, 2.05) is 24.5 Å². The molecular formula is C15H19N3O. The Balaban J connectivity index is 2.11. The Morgan fingerprint density at radius 2 is 2.21 bits per heavy atom. The number of rotatable bonds is 3. The second-order valence-electron chi connectivity index (χ2n) is 5.31. The van der Waals surface area contributed by atoms with Crippen molar-refractivity contribution >= 4 is 10.8 Å². The molecule has 1 aromatic carbocycles. The van der Waals surface area contributed by atoms with E-state index in [0.29, 0.717) is 0 Å². The molecule has 1 fully saturated rings. The van der Waals surface area contributed by atoms with Gasteiger partial charge in [-0.3, -0.25) is 10.8 Å². The summed E-state index contributed by atoms with van der Waals surface area (Å²) in [6, 6.07) is 8.18. The van der Waals surface area contributed by atoms with Gasteiger partial charge in [-0.1, -0.05) is 24.3 Å². The summed E-state index contributed by atoms with van der Waals surface area (Å²) in [4.78, 5) is 4.33. The molecule has 0 bridgehead atoms. The third-order valence-corrected chi connectivity index (χ3v) is 4.04. The lowest BCUT2D eigenvalue weighted by molar-refractivity contribution is -0.0122. The maximum atomic E-state index is 5.93. The van der Waals surface area contributed by atoms with Gasteiger partial charge >= 0.3 is 0 Å². The van der Waals surface area contributed by atoms with Crippen LogP contribution in [-0.4, -0.2) is 17.2 Å². The first-order valence-electron chi connectivity index (χ1n) is 6.67. The Morgan fingerprint density at radius 3 is 2.95 bits per heavy atom. The highest BCUT2D eigenvalue weighted by molar-refractivity contribution is 5.85. The molecule has 1 aliphatic rings. The van der Waals surface area contributed by atoms with E-state index in [0.717, 1.165) is 30.4 Å². The molecule has 100 valence electrons. The Labute approximate surface area is 112 Å². The van der Waals surface area contributed by atoms with Gasteiger partial charge in [0.15, 0.2) is 0 Å². The monoisotopic (exact) mass is 257 g/mol. The van der Waals surface area contributed by atoms with Crippen LogP contribution in [0.15, 0.2) is 36.7 Å². The van der Waals surface area contributed by atoms with Gasteiger partial charge in [0.05, 0.1) is 11.6 Å². The van der Waals surface area contributed by atoms with Crippen LogP contribution in [0.4, 0.5) is 0 Å². The fourth-order valence-corrected chi connectivity index (χ4v) is 2.99. The SMILES string of the molecule is CC1(C(NN)c2cncc3ccccc23)CCCO1. The number of nitrogens with one attached hydrogen (secondary N) is 1. The molecular weight excluding hydrogens is 238 g/mol. The Kier molecular flexibility index (Phi) is 3.22. The molecule has 2 heterocycles. The van der Waals surface area contributed by atoms with E-state index in [-0.39, 0.29) is 11.6 Å². The van der Waals surface area contributed by atoms with Crippen LogP contribution in [0.2, 0.25) is 0 Å². The highest BCUT2D eigenvalue weighted by Crippen LogP contribution is 2.38. The topological polar surface area (TPSA) is 60.2 Å². The Morgan fingerprint density at radius 1 is 1.37 bits per heavy atom. The molecule has 19 heavy (non-hydrogen) atoms. The Bertz CT molecular complexity index is 573. The van der Waals surface area contributed by atoms with Crippen molar-refractivity contribution < 1.29 is 4.74 Å². The van der Waals surface area contributed by atoms with E-state index in [4.69, 9.17) is 10.6 Å². The minimum atomic E-state index is -0.263. The highest BCUT2D eigenvalue weighted by Gasteiger charge is 2.39. The lowest BCUT2D eigenvalue weighted by Gasteiger charge is -2.33. The molecule has 0 saturated carbocycles. The molecule has 3 N–H and O–H groups in total. The molecule has 2 unspecified atom stereocenters. The van der Waals surface area contributed by atoms with Crippen molar-refractivity contribution in [2.24, 2.45) is 5.84 Å². The van der Waals surface area contributed by atoms with Crippen LogP contribution in [0.3, 0.4) is 0 Å². The van der Waals surface area contributed by atoms with Crippen LogP contribution < -0.4 is 11.3 Å². The largest absolute Gasteiger partial charge is 0.373 e. The second-order valence-corrected chi connectivity index (χ2v) is 5.31. The van der Waals surface area contributed by atoms with Gasteiger partial charge in [-0.15, -0.1) is 0 Å². The van der Waals surface area contributed by atoms with E-state index < -0.39 is 0 Å². The van der Waals surface area contributed by atoms with Crippen LogP contribution in [0.1, 0.15) is 31.4 Å². The zero-order valence-electron chi connectivity index (χ0n) is 11.1. The van der Waals surface area contributed by atoms with Gasteiger partial charge in [0.2, 0.25) is 0 Å². The Hall–Kier alpha value is -1.49.